The van der Waals surface area contributed by atoms with E-state index in [1.807, 2.05) is 17.9 Å². The van der Waals surface area contributed by atoms with E-state index in [1.165, 1.54) is 5.69 Å². The van der Waals surface area contributed by atoms with Gasteiger partial charge in [-0.15, -0.1) is 0 Å². The Morgan fingerprint density at radius 1 is 1.00 bits per heavy atom. The van der Waals surface area contributed by atoms with E-state index in [9.17, 15) is 4.79 Å². The largest absolute Gasteiger partial charge is 0.379 e. The van der Waals surface area contributed by atoms with Gasteiger partial charge in [0.1, 0.15) is 0 Å². The van der Waals surface area contributed by atoms with Crippen molar-refractivity contribution in [2.75, 3.05) is 57.4 Å². The Morgan fingerprint density at radius 3 is 2.27 bits per heavy atom. The second-order valence-corrected chi connectivity index (χ2v) is 5.97. The third kappa shape index (κ3) is 3.42. The normalized spacial score (nSPS) is 21.7. The molecule has 1 atom stereocenters. The predicted octanol–water partition coefficient (Wildman–Crippen LogP) is 1.06. The smallest absolute Gasteiger partial charge is 0.239 e. The molecule has 5 nitrogen and oxygen atoms in total. The van der Waals surface area contributed by atoms with Crippen LogP contribution in [0.4, 0.5) is 5.69 Å². The van der Waals surface area contributed by atoms with E-state index in [0.717, 1.165) is 52.5 Å². The van der Waals surface area contributed by atoms with Crippen LogP contribution in [0.3, 0.4) is 0 Å². The minimum atomic E-state index is -0.0350. The zero-order chi connectivity index (χ0) is 15.4. The molecule has 0 saturated carbocycles. The quantitative estimate of drug-likeness (QED) is 0.836. The number of rotatable bonds is 3. The molecule has 0 aromatic heterocycles. The van der Waals surface area contributed by atoms with Crippen LogP contribution in [-0.4, -0.2) is 74.2 Å². The molecule has 0 radical (unpaired) electrons. The number of hydrogen-bond acceptors (Lipinski definition) is 4. The van der Waals surface area contributed by atoms with E-state index >= 15 is 0 Å². The molecule has 1 aromatic rings. The lowest BCUT2D eigenvalue weighted by atomic mass is 10.2. The minimum absolute atomic E-state index is 0.0350. The fourth-order valence-corrected chi connectivity index (χ4v) is 3.21. The van der Waals surface area contributed by atoms with E-state index in [-0.39, 0.29) is 11.9 Å². The average molecular weight is 303 g/mol. The number of nitrogens with zero attached hydrogens (tertiary/aromatic N) is 3. The zero-order valence-corrected chi connectivity index (χ0v) is 13.3. The topological polar surface area (TPSA) is 36.0 Å². The Balaban J connectivity index is 1.53. The number of carbonyl (C=O) groups excluding carboxylic acids is 1. The maximum absolute atomic E-state index is 12.7. The van der Waals surface area contributed by atoms with Crippen LogP contribution in [0.1, 0.15) is 6.92 Å². The molecule has 2 heterocycles. The van der Waals surface area contributed by atoms with E-state index in [0.29, 0.717) is 0 Å². The molecule has 0 spiro atoms. The highest BCUT2D eigenvalue weighted by molar-refractivity contribution is 5.81. The van der Waals surface area contributed by atoms with Gasteiger partial charge < -0.3 is 14.5 Å². The summed E-state index contributed by atoms with van der Waals surface area (Å²) >= 11 is 0. The number of amides is 1. The van der Waals surface area contributed by atoms with Crippen molar-refractivity contribution in [3.8, 4) is 0 Å². The van der Waals surface area contributed by atoms with Crippen molar-refractivity contribution in [1.29, 1.82) is 0 Å². The first kappa shape index (κ1) is 15.3. The summed E-state index contributed by atoms with van der Waals surface area (Å²) in [4.78, 5) is 19.3. The van der Waals surface area contributed by atoms with E-state index < -0.39 is 0 Å². The third-order valence-corrected chi connectivity index (χ3v) is 4.66. The van der Waals surface area contributed by atoms with Crippen LogP contribution in [0.5, 0.6) is 0 Å². The molecule has 0 bridgehead atoms. The fraction of sp³-hybridized carbons (Fsp3) is 0.588. The number of anilines is 1. The average Bonchev–Trinajstić information content (AvgIpc) is 2.62. The van der Waals surface area contributed by atoms with Crippen LogP contribution in [0.15, 0.2) is 30.3 Å². The minimum Gasteiger partial charge on any atom is -0.379 e. The number of carbonyl (C=O) groups is 1. The predicted molar refractivity (Wildman–Crippen MR) is 87.1 cm³/mol. The number of piperazine rings is 1. The van der Waals surface area contributed by atoms with Gasteiger partial charge in [-0.25, -0.2) is 0 Å². The Labute approximate surface area is 132 Å². The number of hydrogen-bond donors (Lipinski definition) is 0. The highest BCUT2D eigenvalue weighted by atomic mass is 16.5. The Bertz CT molecular complexity index is 480. The molecule has 1 unspecified atom stereocenters. The van der Waals surface area contributed by atoms with Crippen molar-refractivity contribution in [1.82, 2.24) is 9.80 Å². The van der Waals surface area contributed by atoms with Crippen LogP contribution in [0.2, 0.25) is 0 Å². The van der Waals surface area contributed by atoms with E-state index in [1.54, 1.807) is 0 Å². The molecule has 3 rings (SSSR count). The van der Waals surface area contributed by atoms with E-state index in [4.69, 9.17) is 4.74 Å². The van der Waals surface area contributed by atoms with Gasteiger partial charge in [-0.3, -0.25) is 9.69 Å². The first-order valence-corrected chi connectivity index (χ1v) is 8.16. The number of ether oxygens (including phenoxy) is 1. The standard InChI is InChI=1S/C17H25N3O2/c1-15(18-11-13-22-14-12-18)17(21)20-9-7-19(8-10-20)16-5-3-2-4-6-16/h2-6,15H,7-14H2,1H3. The molecule has 0 aliphatic carbocycles. The Hall–Kier alpha value is -1.59. The van der Waals surface area contributed by atoms with Crippen molar-refractivity contribution < 1.29 is 9.53 Å². The first-order valence-electron chi connectivity index (χ1n) is 8.16. The fourth-order valence-electron chi connectivity index (χ4n) is 3.21. The molecule has 5 heteroatoms. The molecule has 2 saturated heterocycles. The molecule has 2 fully saturated rings. The Kier molecular flexibility index (Phi) is 4.95. The van der Waals surface area contributed by atoms with Crippen molar-refractivity contribution in [3.63, 3.8) is 0 Å². The van der Waals surface area contributed by atoms with E-state index in [2.05, 4.69) is 34.1 Å². The van der Waals surface area contributed by atoms with Gasteiger partial charge in [0.05, 0.1) is 19.3 Å². The lowest BCUT2D eigenvalue weighted by Gasteiger charge is -2.39. The monoisotopic (exact) mass is 303 g/mol. The second kappa shape index (κ2) is 7.11. The highest BCUT2D eigenvalue weighted by Gasteiger charge is 2.29. The third-order valence-electron chi connectivity index (χ3n) is 4.66. The van der Waals surface area contributed by atoms with Crippen LogP contribution in [0.25, 0.3) is 0 Å². The first-order chi connectivity index (χ1) is 10.8. The van der Waals surface area contributed by atoms with Crippen molar-refractivity contribution in [2.45, 2.75) is 13.0 Å². The molecule has 1 aromatic carbocycles. The summed E-state index contributed by atoms with van der Waals surface area (Å²) in [6.07, 6.45) is 0. The summed E-state index contributed by atoms with van der Waals surface area (Å²) in [5.41, 5.74) is 1.25. The lowest BCUT2D eigenvalue weighted by molar-refractivity contribution is -0.138. The summed E-state index contributed by atoms with van der Waals surface area (Å²) in [6.45, 7) is 8.64. The highest BCUT2D eigenvalue weighted by Crippen LogP contribution is 2.16. The van der Waals surface area contributed by atoms with Crippen molar-refractivity contribution in [3.05, 3.63) is 30.3 Å². The molecular formula is C17H25N3O2. The summed E-state index contributed by atoms with van der Waals surface area (Å²) in [7, 11) is 0. The Morgan fingerprint density at radius 2 is 1.64 bits per heavy atom. The van der Waals surface area contributed by atoms with Gasteiger partial charge in [0, 0.05) is 45.0 Å². The van der Waals surface area contributed by atoms with Gasteiger partial charge in [-0.2, -0.15) is 0 Å². The van der Waals surface area contributed by atoms with Crippen molar-refractivity contribution >= 4 is 11.6 Å². The molecule has 0 N–H and O–H groups in total. The molecule has 2 aliphatic rings. The summed E-state index contributed by atoms with van der Waals surface area (Å²) < 4.78 is 5.36. The number of benzene rings is 1. The van der Waals surface area contributed by atoms with Crippen LogP contribution in [-0.2, 0) is 9.53 Å². The maximum Gasteiger partial charge on any atom is 0.239 e. The van der Waals surface area contributed by atoms with Gasteiger partial charge in [0.25, 0.3) is 0 Å². The number of morpholine rings is 1. The molecule has 22 heavy (non-hydrogen) atoms. The second-order valence-electron chi connectivity index (χ2n) is 5.97. The van der Waals surface area contributed by atoms with Gasteiger partial charge in [0.15, 0.2) is 0 Å². The van der Waals surface area contributed by atoms with Crippen molar-refractivity contribution in [2.24, 2.45) is 0 Å². The maximum atomic E-state index is 12.7. The van der Waals surface area contributed by atoms with Gasteiger partial charge >= 0.3 is 0 Å². The lowest BCUT2D eigenvalue weighted by Crippen LogP contribution is -2.55. The van der Waals surface area contributed by atoms with Crippen LogP contribution < -0.4 is 4.90 Å². The number of para-hydroxylation sites is 1. The summed E-state index contributed by atoms with van der Waals surface area (Å²) in [5.74, 6) is 0.259. The molecule has 1 amide bonds. The molecule has 120 valence electrons. The summed E-state index contributed by atoms with van der Waals surface area (Å²) in [6, 6.07) is 10.4. The van der Waals surface area contributed by atoms with Gasteiger partial charge in [-0.1, -0.05) is 18.2 Å². The van der Waals surface area contributed by atoms with Crippen LogP contribution in [0, 0.1) is 0 Å². The van der Waals surface area contributed by atoms with Gasteiger partial charge in [-0.05, 0) is 19.1 Å². The SMILES string of the molecule is CC(C(=O)N1CCN(c2ccccc2)CC1)N1CCOCC1. The molecule has 2 aliphatic heterocycles. The van der Waals surface area contributed by atoms with Crippen LogP contribution >= 0.6 is 0 Å². The zero-order valence-electron chi connectivity index (χ0n) is 13.3. The van der Waals surface area contributed by atoms with Gasteiger partial charge in [0.2, 0.25) is 5.91 Å². The molecular weight excluding hydrogens is 278 g/mol. The summed E-state index contributed by atoms with van der Waals surface area (Å²) in [5, 5.41) is 0.